The Morgan fingerprint density at radius 3 is 2.16 bits per heavy atom. The van der Waals surface area contributed by atoms with Crippen LogP contribution in [0.15, 0.2) is 18.2 Å². The van der Waals surface area contributed by atoms with E-state index < -0.39 is 34.9 Å². The minimum Gasteiger partial charge on any atom is -0.444 e. The molecule has 0 saturated heterocycles. The van der Waals surface area contributed by atoms with E-state index in [2.05, 4.69) is 5.32 Å². The zero-order valence-corrected chi connectivity index (χ0v) is 14.3. The van der Waals surface area contributed by atoms with Crippen molar-refractivity contribution < 1.29 is 27.5 Å². The lowest BCUT2D eigenvalue weighted by Gasteiger charge is -2.43. The van der Waals surface area contributed by atoms with Gasteiger partial charge in [0.1, 0.15) is 5.60 Å². The van der Waals surface area contributed by atoms with Crippen LogP contribution in [-0.2, 0) is 16.5 Å². The van der Waals surface area contributed by atoms with Crippen LogP contribution in [0.1, 0.15) is 61.5 Å². The maximum Gasteiger partial charge on any atom is 0.416 e. The molecular weight excluding hydrogens is 337 g/mol. The number of halogens is 3. The van der Waals surface area contributed by atoms with Gasteiger partial charge in [0.15, 0.2) is 0 Å². The lowest BCUT2D eigenvalue weighted by molar-refractivity contribution is -0.137. The first kappa shape index (κ1) is 19.1. The molecule has 1 aliphatic carbocycles. The minimum absolute atomic E-state index is 0.202. The molecule has 0 heterocycles. The molecule has 0 atom stereocenters. The maximum absolute atomic E-state index is 13.1. The SMILES string of the molecule is CC(C)(C)OC(=O)NC1(c2cc(C(N)=O)cc(C(F)(F)F)c2)CCC1. The highest BCUT2D eigenvalue weighted by molar-refractivity contribution is 5.93. The first-order valence-electron chi connectivity index (χ1n) is 7.86. The summed E-state index contributed by atoms with van der Waals surface area (Å²) >= 11 is 0. The van der Waals surface area contributed by atoms with Gasteiger partial charge in [0.25, 0.3) is 0 Å². The molecule has 25 heavy (non-hydrogen) atoms. The molecule has 0 bridgehead atoms. The number of rotatable bonds is 3. The van der Waals surface area contributed by atoms with Gasteiger partial charge in [-0.3, -0.25) is 4.79 Å². The summed E-state index contributed by atoms with van der Waals surface area (Å²) in [7, 11) is 0. The molecule has 1 aromatic rings. The molecule has 1 fully saturated rings. The Kier molecular flexibility index (Phi) is 4.76. The average Bonchev–Trinajstić information content (AvgIpc) is 2.39. The lowest BCUT2D eigenvalue weighted by Crippen LogP contribution is -2.52. The molecular formula is C17H21F3N2O3. The first-order chi connectivity index (χ1) is 11.3. The van der Waals surface area contributed by atoms with Gasteiger partial charge in [-0.2, -0.15) is 13.2 Å². The molecule has 3 N–H and O–H groups in total. The Hall–Kier alpha value is -2.25. The molecule has 0 aliphatic heterocycles. The predicted octanol–water partition coefficient (Wildman–Crippen LogP) is 3.71. The van der Waals surface area contributed by atoms with E-state index in [-0.39, 0.29) is 11.1 Å². The van der Waals surface area contributed by atoms with E-state index in [0.717, 1.165) is 12.5 Å². The number of carbonyl (C=O) groups excluding carboxylic acids is 2. The van der Waals surface area contributed by atoms with Gasteiger partial charge in [-0.15, -0.1) is 0 Å². The normalized spacial score (nSPS) is 16.7. The average molecular weight is 358 g/mol. The summed E-state index contributed by atoms with van der Waals surface area (Å²) in [5.41, 5.74) is 2.41. The summed E-state index contributed by atoms with van der Waals surface area (Å²) in [5, 5.41) is 2.67. The van der Waals surface area contributed by atoms with Crippen molar-refractivity contribution in [2.24, 2.45) is 5.73 Å². The van der Waals surface area contributed by atoms with Gasteiger partial charge in [0.05, 0.1) is 11.1 Å². The summed E-state index contributed by atoms with van der Waals surface area (Å²) in [5.74, 6) is -0.959. The number of ether oxygens (including phenoxy) is 1. The molecule has 2 amide bonds. The number of benzene rings is 1. The number of hydrogen-bond donors (Lipinski definition) is 2. The molecule has 138 valence electrons. The highest BCUT2D eigenvalue weighted by atomic mass is 19.4. The fraction of sp³-hybridized carbons (Fsp3) is 0.529. The minimum atomic E-state index is -4.63. The van der Waals surface area contributed by atoms with E-state index in [0.29, 0.717) is 18.9 Å². The number of carbonyl (C=O) groups is 2. The number of hydrogen-bond acceptors (Lipinski definition) is 3. The Labute approximate surface area is 143 Å². The van der Waals surface area contributed by atoms with E-state index in [1.165, 1.54) is 6.07 Å². The summed E-state index contributed by atoms with van der Waals surface area (Å²) in [6.45, 7) is 5.07. The summed E-state index contributed by atoms with van der Waals surface area (Å²) in [6.07, 6.45) is -3.71. The Morgan fingerprint density at radius 2 is 1.76 bits per heavy atom. The number of nitrogens with one attached hydrogen (secondary N) is 1. The number of primary amides is 1. The smallest absolute Gasteiger partial charge is 0.416 e. The van der Waals surface area contributed by atoms with Crippen molar-refractivity contribution in [3.05, 3.63) is 34.9 Å². The summed E-state index contributed by atoms with van der Waals surface area (Å²) < 4.78 is 44.6. The van der Waals surface area contributed by atoms with Crippen molar-refractivity contribution in [1.82, 2.24) is 5.32 Å². The quantitative estimate of drug-likeness (QED) is 0.864. The molecule has 1 aromatic carbocycles. The van der Waals surface area contributed by atoms with Gasteiger partial charge < -0.3 is 15.8 Å². The zero-order valence-electron chi connectivity index (χ0n) is 14.3. The van der Waals surface area contributed by atoms with Gasteiger partial charge in [-0.25, -0.2) is 4.79 Å². The molecule has 8 heteroatoms. The monoisotopic (exact) mass is 358 g/mol. The summed E-state index contributed by atoms with van der Waals surface area (Å²) in [4.78, 5) is 23.5. The topological polar surface area (TPSA) is 81.4 Å². The molecule has 0 aromatic heterocycles. The van der Waals surface area contributed by atoms with Crippen LogP contribution in [0.2, 0.25) is 0 Å². The third-order valence-corrected chi connectivity index (χ3v) is 4.04. The van der Waals surface area contributed by atoms with Gasteiger partial charge in [-0.1, -0.05) is 0 Å². The van der Waals surface area contributed by atoms with Crippen LogP contribution in [0.4, 0.5) is 18.0 Å². The second-order valence-corrected chi connectivity index (χ2v) is 7.22. The van der Waals surface area contributed by atoms with E-state index in [1.54, 1.807) is 20.8 Å². The van der Waals surface area contributed by atoms with Crippen molar-refractivity contribution in [2.75, 3.05) is 0 Å². The lowest BCUT2D eigenvalue weighted by atomic mass is 9.71. The third kappa shape index (κ3) is 4.43. The number of alkyl halides is 3. The second-order valence-electron chi connectivity index (χ2n) is 7.22. The van der Waals surface area contributed by atoms with Gasteiger partial charge in [0, 0.05) is 5.56 Å². The second kappa shape index (κ2) is 6.24. The van der Waals surface area contributed by atoms with E-state index >= 15 is 0 Å². The van der Waals surface area contributed by atoms with Crippen molar-refractivity contribution in [3.63, 3.8) is 0 Å². The summed E-state index contributed by atoms with van der Waals surface area (Å²) in [6, 6.07) is 2.96. The number of nitrogens with two attached hydrogens (primary N) is 1. The fourth-order valence-corrected chi connectivity index (χ4v) is 2.72. The van der Waals surface area contributed by atoms with Crippen LogP contribution in [0.3, 0.4) is 0 Å². The van der Waals surface area contributed by atoms with Crippen LogP contribution >= 0.6 is 0 Å². The van der Waals surface area contributed by atoms with E-state index in [4.69, 9.17) is 10.5 Å². The molecule has 0 unspecified atom stereocenters. The molecule has 0 radical (unpaired) electrons. The molecule has 5 nitrogen and oxygen atoms in total. The molecule has 0 spiro atoms. The molecule has 1 aliphatic rings. The fourth-order valence-electron chi connectivity index (χ4n) is 2.72. The zero-order chi connectivity index (χ0) is 19.0. The van der Waals surface area contributed by atoms with Crippen molar-refractivity contribution in [2.45, 2.75) is 57.3 Å². The largest absolute Gasteiger partial charge is 0.444 e. The van der Waals surface area contributed by atoms with Gasteiger partial charge >= 0.3 is 12.3 Å². The third-order valence-electron chi connectivity index (χ3n) is 4.04. The van der Waals surface area contributed by atoms with Crippen molar-refractivity contribution in [1.29, 1.82) is 0 Å². The van der Waals surface area contributed by atoms with Gasteiger partial charge in [0.2, 0.25) is 5.91 Å². The van der Waals surface area contributed by atoms with Crippen LogP contribution in [0.25, 0.3) is 0 Å². The highest BCUT2D eigenvalue weighted by Gasteiger charge is 2.43. The van der Waals surface area contributed by atoms with Crippen molar-refractivity contribution >= 4 is 12.0 Å². The van der Waals surface area contributed by atoms with Crippen LogP contribution in [0.5, 0.6) is 0 Å². The number of alkyl carbamates (subject to hydrolysis) is 1. The van der Waals surface area contributed by atoms with Crippen molar-refractivity contribution in [3.8, 4) is 0 Å². The first-order valence-corrected chi connectivity index (χ1v) is 7.86. The molecule has 2 rings (SSSR count). The Morgan fingerprint density at radius 1 is 1.16 bits per heavy atom. The molecule has 1 saturated carbocycles. The van der Waals surface area contributed by atoms with Crippen LogP contribution < -0.4 is 11.1 Å². The Balaban J connectivity index is 2.41. The van der Waals surface area contributed by atoms with E-state index in [1.807, 2.05) is 0 Å². The number of amides is 2. The van der Waals surface area contributed by atoms with Crippen LogP contribution in [-0.4, -0.2) is 17.6 Å². The maximum atomic E-state index is 13.1. The van der Waals surface area contributed by atoms with Crippen LogP contribution in [0, 0.1) is 0 Å². The Bertz CT molecular complexity index is 689. The van der Waals surface area contributed by atoms with E-state index in [9.17, 15) is 22.8 Å². The standard InChI is InChI=1S/C17H21F3N2O3/c1-15(2,3)25-14(24)22-16(5-4-6-16)11-7-10(13(21)23)8-12(9-11)17(18,19)20/h7-9H,4-6H2,1-3H3,(H2,21,23)(H,22,24). The predicted molar refractivity (Wildman–Crippen MR) is 84.9 cm³/mol. The van der Waals surface area contributed by atoms with Gasteiger partial charge in [-0.05, 0) is 63.8 Å². The highest BCUT2D eigenvalue weighted by Crippen LogP contribution is 2.43.